The van der Waals surface area contributed by atoms with Crippen molar-refractivity contribution < 1.29 is 25.1 Å². The number of unbranched alkanes of at least 4 members (excludes halogenated alkanes) is 1. The zero-order valence-corrected chi connectivity index (χ0v) is 16.3. The summed E-state index contributed by atoms with van der Waals surface area (Å²) >= 11 is 0. The minimum atomic E-state index is -1.34. The van der Waals surface area contributed by atoms with E-state index < -0.39 is 18.6 Å². The van der Waals surface area contributed by atoms with Crippen LogP contribution in [0.3, 0.4) is 0 Å². The Morgan fingerprint density at radius 1 is 1.16 bits per heavy atom. The summed E-state index contributed by atoms with van der Waals surface area (Å²) in [5.41, 5.74) is 4.82. The molecular formula is C15H33BCl2N2O5. The van der Waals surface area contributed by atoms with Gasteiger partial charge in [-0.3, -0.25) is 4.79 Å². The molecular weight excluding hydrogens is 370 g/mol. The van der Waals surface area contributed by atoms with Crippen LogP contribution in [0.4, 0.5) is 0 Å². The summed E-state index contributed by atoms with van der Waals surface area (Å²) in [5, 5.41) is 36.0. The minimum absolute atomic E-state index is 0. The van der Waals surface area contributed by atoms with Gasteiger partial charge in [0.2, 0.25) is 0 Å². The first kappa shape index (κ1) is 27.1. The minimum Gasteiger partial charge on any atom is -0.480 e. The van der Waals surface area contributed by atoms with Gasteiger partial charge in [-0.1, -0.05) is 12.8 Å². The molecule has 1 fully saturated rings. The monoisotopic (exact) mass is 402 g/mol. The van der Waals surface area contributed by atoms with E-state index in [1.54, 1.807) is 0 Å². The van der Waals surface area contributed by atoms with E-state index in [-0.39, 0.29) is 37.7 Å². The lowest BCUT2D eigenvalue weighted by Gasteiger charge is -2.34. The Kier molecular flexibility index (Phi) is 15.2. The van der Waals surface area contributed by atoms with Crippen molar-refractivity contribution in [3.8, 4) is 0 Å². The van der Waals surface area contributed by atoms with Gasteiger partial charge in [0.1, 0.15) is 5.54 Å². The van der Waals surface area contributed by atoms with Gasteiger partial charge in [-0.15, -0.1) is 24.8 Å². The first-order valence-corrected chi connectivity index (χ1v) is 8.59. The fourth-order valence-corrected chi connectivity index (χ4v) is 3.15. The predicted molar refractivity (Wildman–Crippen MR) is 103 cm³/mol. The van der Waals surface area contributed by atoms with Gasteiger partial charge in [0.15, 0.2) is 0 Å². The van der Waals surface area contributed by atoms with Gasteiger partial charge < -0.3 is 30.9 Å². The van der Waals surface area contributed by atoms with Crippen LogP contribution in [-0.2, 0) is 4.79 Å². The van der Waals surface area contributed by atoms with Gasteiger partial charge >= 0.3 is 13.1 Å². The summed E-state index contributed by atoms with van der Waals surface area (Å²) in [6.45, 7) is 2.75. The molecule has 7 nitrogen and oxygen atoms in total. The van der Waals surface area contributed by atoms with Crippen molar-refractivity contribution in [2.24, 2.45) is 11.7 Å². The number of nitrogens with zero attached hydrogens (tertiary/aromatic N) is 1. The van der Waals surface area contributed by atoms with Crippen molar-refractivity contribution in [3.63, 3.8) is 0 Å². The Bertz CT molecular complexity index is 361. The fraction of sp³-hybridized carbons (Fsp3) is 0.933. The Morgan fingerprint density at radius 2 is 1.76 bits per heavy atom. The first-order valence-electron chi connectivity index (χ1n) is 8.59. The molecule has 0 bridgehead atoms. The molecule has 0 spiro atoms. The molecule has 10 heteroatoms. The molecule has 150 valence electrons. The molecule has 1 rings (SSSR count). The van der Waals surface area contributed by atoms with Crippen molar-refractivity contribution >= 4 is 37.9 Å². The molecule has 1 heterocycles. The van der Waals surface area contributed by atoms with Gasteiger partial charge in [0.05, 0.1) is 0 Å². The number of carboxylic acid groups (broad SMARTS) is 1. The van der Waals surface area contributed by atoms with Crippen molar-refractivity contribution in [2.45, 2.75) is 56.8 Å². The zero-order valence-electron chi connectivity index (χ0n) is 14.7. The van der Waals surface area contributed by atoms with Crippen LogP contribution in [-0.4, -0.2) is 70.0 Å². The van der Waals surface area contributed by atoms with Gasteiger partial charge in [-0.25, -0.2) is 0 Å². The van der Waals surface area contributed by atoms with E-state index in [1.807, 2.05) is 0 Å². The molecule has 0 aliphatic carbocycles. The summed E-state index contributed by atoms with van der Waals surface area (Å²) < 4.78 is 0. The summed E-state index contributed by atoms with van der Waals surface area (Å²) in [6.07, 6.45) is 5.04. The molecule has 25 heavy (non-hydrogen) atoms. The quantitative estimate of drug-likeness (QED) is 0.254. The Labute approximate surface area is 162 Å². The van der Waals surface area contributed by atoms with Crippen LogP contribution in [0, 0.1) is 5.92 Å². The maximum absolute atomic E-state index is 11.5. The lowest BCUT2D eigenvalue weighted by Crippen LogP contribution is -2.50. The molecule has 1 unspecified atom stereocenters. The number of piperidine rings is 1. The number of halogens is 2. The van der Waals surface area contributed by atoms with E-state index >= 15 is 0 Å². The number of aliphatic hydroxyl groups is 1. The number of rotatable bonds is 11. The van der Waals surface area contributed by atoms with E-state index in [2.05, 4.69) is 4.90 Å². The van der Waals surface area contributed by atoms with Crippen LogP contribution < -0.4 is 5.73 Å². The molecule has 1 aliphatic heterocycles. The van der Waals surface area contributed by atoms with Gasteiger partial charge in [-0.05, 0) is 57.4 Å². The third kappa shape index (κ3) is 10.6. The summed E-state index contributed by atoms with van der Waals surface area (Å²) in [6, 6.07) is 0. The highest BCUT2D eigenvalue weighted by molar-refractivity contribution is 6.40. The Hall–Kier alpha value is -0.0851. The van der Waals surface area contributed by atoms with E-state index in [9.17, 15) is 9.90 Å². The normalized spacial score (nSPS) is 17.9. The van der Waals surface area contributed by atoms with Crippen molar-refractivity contribution in [1.29, 1.82) is 0 Å². The third-order valence-corrected chi connectivity index (χ3v) is 4.88. The fourth-order valence-electron chi connectivity index (χ4n) is 3.15. The van der Waals surface area contributed by atoms with Gasteiger partial charge in [0, 0.05) is 13.2 Å². The largest absolute Gasteiger partial charge is 0.480 e. The number of aliphatic hydroxyl groups excluding tert-OH is 1. The standard InChI is InChI=1S/C15H31BN2O5.2ClH/c17-15(14(20)21,6-1-2-8-16(22)23)7-11-18-9-3-13(4-10-18)5-12-19;;/h13,19,22-23H,1-12,17H2,(H,20,21);2*1H. The molecule has 1 saturated heterocycles. The lowest BCUT2D eigenvalue weighted by molar-refractivity contribution is -0.144. The van der Waals surface area contributed by atoms with Crippen LogP contribution in [0.1, 0.15) is 44.9 Å². The predicted octanol–water partition coefficient (Wildman–Crippen LogP) is 0.740. The number of hydrogen-bond acceptors (Lipinski definition) is 6. The summed E-state index contributed by atoms with van der Waals surface area (Å²) in [5.74, 6) is -0.416. The van der Waals surface area contributed by atoms with Gasteiger partial charge in [0.25, 0.3) is 0 Å². The topological polar surface area (TPSA) is 127 Å². The molecule has 0 aromatic rings. The summed E-state index contributed by atoms with van der Waals surface area (Å²) in [7, 11) is -1.34. The smallest absolute Gasteiger partial charge is 0.451 e. The molecule has 1 atom stereocenters. The second kappa shape index (κ2) is 14.0. The number of aliphatic carboxylic acids is 1. The first-order chi connectivity index (χ1) is 10.9. The number of nitrogens with two attached hydrogens (primary N) is 1. The highest BCUT2D eigenvalue weighted by atomic mass is 35.5. The van der Waals surface area contributed by atoms with E-state index in [1.165, 1.54) is 0 Å². The molecule has 0 aromatic heterocycles. The molecule has 0 saturated carbocycles. The molecule has 0 radical (unpaired) electrons. The van der Waals surface area contributed by atoms with Gasteiger partial charge in [-0.2, -0.15) is 0 Å². The highest BCUT2D eigenvalue weighted by Crippen LogP contribution is 2.23. The van der Waals surface area contributed by atoms with Crippen LogP contribution in [0.2, 0.25) is 6.32 Å². The van der Waals surface area contributed by atoms with Crippen molar-refractivity contribution in [3.05, 3.63) is 0 Å². The van der Waals surface area contributed by atoms with Crippen LogP contribution >= 0.6 is 24.8 Å². The van der Waals surface area contributed by atoms with Crippen molar-refractivity contribution in [2.75, 3.05) is 26.2 Å². The lowest BCUT2D eigenvalue weighted by atomic mass is 9.81. The van der Waals surface area contributed by atoms with E-state index in [0.717, 1.165) is 32.4 Å². The number of likely N-dealkylation sites (tertiary alicyclic amines) is 1. The second-order valence-corrected chi connectivity index (χ2v) is 6.73. The SMILES string of the molecule is Cl.Cl.NC(CCCCB(O)O)(CCN1CCC(CCO)CC1)C(=O)O. The van der Waals surface area contributed by atoms with Crippen LogP contribution in [0.15, 0.2) is 0 Å². The number of hydrogen-bond donors (Lipinski definition) is 5. The van der Waals surface area contributed by atoms with Crippen LogP contribution in [0.5, 0.6) is 0 Å². The third-order valence-electron chi connectivity index (χ3n) is 4.88. The average molecular weight is 403 g/mol. The Balaban J connectivity index is 0. The van der Waals surface area contributed by atoms with Crippen molar-refractivity contribution in [1.82, 2.24) is 4.90 Å². The zero-order chi connectivity index (χ0) is 17.3. The van der Waals surface area contributed by atoms with E-state index in [4.69, 9.17) is 20.9 Å². The molecule has 6 N–H and O–H groups in total. The maximum atomic E-state index is 11.5. The highest BCUT2D eigenvalue weighted by Gasteiger charge is 2.34. The number of carboxylic acids is 1. The average Bonchev–Trinajstić information content (AvgIpc) is 2.51. The second-order valence-electron chi connectivity index (χ2n) is 6.73. The maximum Gasteiger partial charge on any atom is 0.451 e. The van der Waals surface area contributed by atoms with Crippen LogP contribution in [0.25, 0.3) is 0 Å². The molecule has 0 aromatic carbocycles. The Morgan fingerprint density at radius 3 is 2.24 bits per heavy atom. The van der Waals surface area contributed by atoms with E-state index in [0.29, 0.717) is 38.1 Å². The molecule has 0 amide bonds. The summed E-state index contributed by atoms with van der Waals surface area (Å²) in [4.78, 5) is 13.7. The molecule has 1 aliphatic rings. The number of carbonyl (C=O) groups is 1.